The second-order valence-corrected chi connectivity index (χ2v) is 5.14. The normalized spacial score (nSPS) is 21.1. The van der Waals surface area contributed by atoms with Crippen LogP contribution in [0.15, 0.2) is 24.3 Å². The van der Waals surface area contributed by atoms with Gasteiger partial charge in [0.15, 0.2) is 0 Å². The fourth-order valence-electron chi connectivity index (χ4n) is 2.55. The van der Waals surface area contributed by atoms with Crippen LogP contribution in [0.2, 0.25) is 0 Å². The Morgan fingerprint density at radius 1 is 1.29 bits per heavy atom. The first-order chi connectivity index (χ1) is 8.08. The maximum absolute atomic E-state index is 14.6. The van der Waals surface area contributed by atoms with Crippen LogP contribution >= 0.6 is 0 Å². The Bertz CT molecular complexity index is 355. The molecule has 1 aliphatic rings. The Labute approximate surface area is 102 Å². The molecule has 0 saturated carbocycles. The SMILES string of the molecule is CC(F)(CC1CCNCC1)c1ccc(O)cc1. The van der Waals surface area contributed by atoms with Crippen molar-refractivity contribution in [3.63, 3.8) is 0 Å². The Morgan fingerprint density at radius 2 is 1.88 bits per heavy atom. The Morgan fingerprint density at radius 3 is 2.47 bits per heavy atom. The van der Waals surface area contributed by atoms with Gasteiger partial charge in [0.05, 0.1) is 0 Å². The number of phenolic OH excluding ortho intramolecular Hbond substituents is 1. The van der Waals surface area contributed by atoms with Crippen molar-refractivity contribution in [1.82, 2.24) is 5.32 Å². The van der Waals surface area contributed by atoms with Crippen molar-refractivity contribution in [2.75, 3.05) is 13.1 Å². The smallest absolute Gasteiger partial charge is 0.133 e. The largest absolute Gasteiger partial charge is 0.508 e. The van der Waals surface area contributed by atoms with Crippen molar-refractivity contribution < 1.29 is 9.50 Å². The van der Waals surface area contributed by atoms with Crippen molar-refractivity contribution in [3.05, 3.63) is 29.8 Å². The molecule has 1 atom stereocenters. The number of rotatable bonds is 3. The van der Waals surface area contributed by atoms with E-state index in [0.29, 0.717) is 17.9 Å². The van der Waals surface area contributed by atoms with Crippen LogP contribution in [0.1, 0.15) is 31.7 Å². The lowest BCUT2D eigenvalue weighted by atomic mass is 9.83. The van der Waals surface area contributed by atoms with E-state index in [-0.39, 0.29) is 5.75 Å². The van der Waals surface area contributed by atoms with Gasteiger partial charge in [-0.1, -0.05) is 12.1 Å². The minimum atomic E-state index is -1.30. The fraction of sp³-hybridized carbons (Fsp3) is 0.571. The van der Waals surface area contributed by atoms with Gasteiger partial charge in [0.1, 0.15) is 11.4 Å². The molecule has 2 nitrogen and oxygen atoms in total. The van der Waals surface area contributed by atoms with Crippen LogP contribution in [0.4, 0.5) is 4.39 Å². The zero-order valence-electron chi connectivity index (χ0n) is 10.2. The molecule has 0 spiro atoms. The summed E-state index contributed by atoms with van der Waals surface area (Å²) in [7, 11) is 0. The molecule has 2 N–H and O–H groups in total. The molecule has 3 heteroatoms. The molecule has 94 valence electrons. The molecular weight excluding hydrogens is 217 g/mol. The van der Waals surface area contributed by atoms with E-state index in [1.54, 1.807) is 31.2 Å². The van der Waals surface area contributed by atoms with Crippen LogP contribution in [0.3, 0.4) is 0 Å². The summed E-state index contributed by atoms with van der Waals surface area (Å²) in [6, 6.07) is 6.46. The van der Waals surface area contributed by atoms with E-state index in [4.69, 9.17) is 0 Å². The highest BCUT2D eigenvalue weighted by atomic mass is 19.1. The first kappa shape index (κ1) is 12.4. The molecule has 0 radical (unpaired) electrons. The molecule has 0 bridgehead atoms. The number of benzene rings is 1. The van der Waals surface area contributed by atoms with E-state index in [1.165, 1.54) is 0 Å². The summed E-state index contributed by atoms with van der Waals surface area (Å²) in [5.74, 6) is 0.645. The van der Waals surface area contributed by atoms with Crippen LogP contribution < -0.4 is 5.32 Å². The first-order valence-corrected chi connectivity index (χ1v) is 6.27. The summed E-state index contributed by atoms with van der Waals surface area (Å²) in [4.78, 5) is 0. The number of piperidine rings is 1. The predicted molar refractivity (Wildman–Crippen MR) is 66.8 cm³/mol. The van der Waals surface area contributed by atoms with E-state index in [1.807, 2.05) is 0 Å². The summed E-state index contributed by atoms with van der Waals surface area (Å²) in [5, 5.41) is 12.5. The minimum absolute atomic E-state index is 0.186. The summed E-state index contributed by atoms with van der Waals surface area (Å²) in [5.41, 5.74) is -0.635. The fourth-order valence-corrected chi connectivity index (χ4v) is 2.55. The van der Waals surface area contributed by atoms with Crippen molar-refractivity contribution in [2.24, 2.45) is 5.92 Å². The van der Waals surface area contributed by atoms with Gasteiger partial charge in [0.2, 0.25) is 0 Å². The number of alkyl halides is 1. The van der Waals surface area contributed by atoms with Gasteiger partial charge in [0.25, 0.3) is 0 Å². The van der Waals surface area contributed by atoms with Gasteiger partial charge in [-0.15, -0.1) is 0 Å². The maximum atomic E-state index is 14.6. The molecule has 1 fully saturated rings. The molecule has 2 rings (SSSR count). The van der Waals surface area contributed by atoms with Crippen LogP contribution in [-0.4, -0.2) is 18.2 Å². The van der Waals surface area contributed by atoms with Gasteiger partial charge < -0.3 is 10.4 Å². The van der Waals surface area contributed by atoms with Gasteiger partial charge in [-0.3, -0.25) is 0 Å². The molecule has 1 aromatic carbocycles. The van der Waals surface area contributed by atoms with Crippen LogP contribution in [0.25, 0.3) is 0 Å². The average molecular weight is 237 g/mol. The Balaban J connectivity index is 2.04. The quantitative estimate of drug-likeness (QED) is 0.847. The first-order valence-electron chi connectivity index (χ1n) is 6.27. The molecular formula is C14H20FNO. The third kappa shape index (κ3) is 3.19. The Kier molecular flexibility index (Phi) is 3.67. The van der Waals surface area contributed by atoms with Gasteiger partial charge in [0, 0.05) is 0 Å². The van der Waals surface area contributed by atoms with Gasteiger partial charge in [-0.2, -0.15) is 0 Å². The highest BCUT2D eigenvalue weighted by molar-refractivity contribution is 5.29. The van der Waals surface area contributed by atoms with Crippen molar-refractivity contribution in [1.29, 1.82) is 0 Å². The zero-order chi connectivity index (χ0) is 12.3. The van der Waals surface area contributed by atoms with Gasteiger partial charge in [-0.25, -0.2) is 4.39 Å². The zero-order valence-corrected chi connectivity index (χ0v) is 10.2. The van der Waals surface area contributed by atoms with Crippen LogP contribution in [-0.2, 0) is 5.67 Å². The number of nitrogens with one attached hydrogen (secondary N) is 1. The number of halogens is 1. The average Bonchev–Trinajstić information content (AvgIpc) is 2.30. The van der Waals surface area contributed by atoms with E-state index in [2.05, 4.69) is 5.32 Å². The topological polar surface area (TPSA) is 32.3 Å². The van der Waals surface area contributed by atoms with Crippen molar-refractivity contribution >= 4 is 0 Å². The molecule has 1 saturated heterocycles. The second kappa shape index (κ2) is 5.05. The number of hydrogen-bond acceptors (Lipinski definition) is 2. The molecule has 1 aliphatic heterocycles. The van der Waals surface area contributed by atoms with E-state index in [0.717, 1.165) is 25.9 Å². The van der Waals surface area contributed by atoms with Crippen LogP contribution in [0.5, 0.6) is 5.75 Å². The molecule has 0 aliphatic carbocycles. The second-order valence-electron chi connectivity index (χ2n) is 5.14. The number of phenols is 1. The van der Waals surface area contributed by atoms with Crippen molar-refractivity contribution in [3.8, 4) is 5.75 Å². The minimum Gasteiger partial charge on any atom is -0.508 e. The van der Waals surface area contributed by atoms with Gasteiger partial charge in [-0.05, 0) is 62.9 Å². The lowest BCUT2D eigenvalue weighted by Gasteiger charge is -2.29. The molecule has 1 aromatic rings. The standard InChI is InChI=1S/C14H20FNO/c1-14(15,10-11-6-8-16-9-7-11)12-2-4-13(17)5-3-12/h2-5,11,16-17H,6-10H2,1H3. The van der Waals surface area contributed by atoms with Gasteiger partial charge >= 0.3 is 0 Å². The summed E-state index contributed by atoms with van der Waals surface area (Å²) < 4.78 is 14.6. The monoisotopic (exact) mass is 237 g/mol. The number of hydrogen-bond donors (Lipinski definition) is 2. The third-order valence-electron chi connectivity index (χ3n) is 3.60. The molecule has 17 heavy (non-hydrogen) atoms. The molecule has 1 unspecified atom stereocenters. The molecule has 1 heterocycles. The lowest BCUT2D eigenvalue weighted by Crippen LogP contribution is -2.31. The summed E-state index contributed by atoms with van der Waals surface area (Å²) in [6.07, 6.45) is 2.68. The third-order valence-corrected chi connectivity index (χ3v) is 3.60. The number of aromatic hydroxyl groups is 1. The maximum Gasteiger partial charge on any atom is 0.133 e. The summed E-state index contributed by atoms with van der Waals surface area (Å²) in [6.45, 7) is 3.63. The van der Waals surface area contributed by atoms with Crippen LogP contribution in [0, 0.1) is 5.92 Å². The highest BCUT2D eigenvalue weighted by Crippen LogP contribution is 2.35. The van der Waals surface area contributed by atoms with Crippen molar-refractivity contribution in [2.45, 2.75) is 31.9 Å². The van der Waals surface area contributed by atoms with E-state index < -0.39 is 5.67 Å². The Hall–Kier alpha value is -1.09. The highest BCUT2D eigenvalue weighted by Gasteiger charge is 2.30. The van der Waals surface area contributed by atoms with E-state index >= 15 is 0 Å². The predicted octanol–water partition coefficient (Wildman–Crippen LogP) is 2.97. The lowest BCUT2D eigenvalue weighted by molar-refractivity contribution is 0.132. The molecule has 0 amide bonds. The van der Waals surface area contributed by atoms with E-state index in [9.17, 15) is 9.50 Å². The molecule has 0 aromatic heterocycles. The summed E-state index contributed by atoms with van der Waals surface area (Å²) >= 11 is 0.